The summed E-state index contributed by atoms with van der Waals surface area (Å²) in [5, 5.41) is 27.9. The fourth-order valence-corrected chi connectivity index (χ4v) is 3.06. The number of hydrogen-bond acceptors (Lipinski definition) is 6. The van der Waals surface area contributed by atoms with Crippen LogP contribution in [-0.4, -0.2) is 45.5 Å². The summed E-state index contributed by atoms with van der Waals surface area (Å²) in [5.74, 6) is -1.62. The molecular weight excluding hydrogens is 388 g/mol. The lowest BCUT2D eigenvalue weighted by atomic mass is 9.94. The van der Waals surface area contributed by atoms with E-state index in [1.807, 2.05) is 6.07 Å². The normalized spacial score (nSPS) is 16.7. The largest absolute Gasteiger partial charge is 0.478 e. The van der Waals surface area contributed by atoms with Gasteiger partial charge in [0.15, 0.2) is 0 Å². The van der Waals surface area contributed by atoms with Gasteiger partial charge in [-0.05, 0) is 49.8 Å². The zero-order chi connectivity index (χ0) is 22.0. The van der Waals surface area contributed by atoms with Crippen molar-refractivity contribution < 1.29 is 29.0 Å². The SMILES string of the molecule is CC1=C(C#N)C(=O)N(CC(C)O)C(=O)/C1=C/c1ccc(-c2ccc(C(=O)O)cc2)o1. The standard InChI is InChI=1S/C22H18N2O6/c1-12(25)11-24-20(26)17(13(2)18(10-23)21(24)27)9-16-7-8-19(30-16)14-3-5-15(6-4-14)22(28)29/h3-9,12,25H,11H2,1-2H3,(H,28,29)/b17-9+. The van der Waals surface area contributed by atoms with Gasteiger partial charge in [0.25, 0.3) is 11.8 Å². The Bertz CT molecular complexity index is 1130. The Morgan fingerprint density at radius 3 is 2.43 bits per heavy atom. The fraction of sp³-hybridized carbons (Fsp3) is 0.182. The second-order valence-electron chi connectivity index (χ2n) is 6.82. The molecule has 152 valence electrons. The predicted molar refractivity (Wildman–Crippen MR) is 106 cm³/mol. The second kappa shape index (κ2) is 8.19. The van der Waals surface area contributed by atoms with Crippen LogP contribution < -0.4 is 0 Å². The van der Waals surface area contributed by atoms with Gasteiger partial charge in [0.1, 0.15) is 23.2 Å². The lowest BCUT2D eigenvalue weighted by Gasteiger charge is -2.28. The van der Waals surface area contributed by atoms with Gasteiger partial charge >= 0.3 is 5.97 Å². The Labute approximate surface area is 172 Å². The van der Waals surface area contributed by atoms with Crippen LogP contribution in [0.1, 0.15) is 30.0 Å². The highest BCUT2D eigenvalue weighted by Gasteiger charge is 2.36. The first-order chi connectivity index (χ1) is 14.2. The Balaban J connectivity index is 1.98. The van der Waals surface area contributed by atoms with E-state index in [0.717, 1.165) is 4.90 Å². The monoisotopic (exact) mass is 406 g/mol. The minimum absolute atomic E-state index is 0.119. The molecule has 1 aromatic heterocycles. The molecule has 0 saturated heterocycles. The second-order valence-corrected chi connectivity index (χ2v) is 6.82. The maximum Gasteiger partial charge on any atom is 0.335 e. The predicted octanol–water partition coefficient (Wildman–Crippen LogP) is 2.62. The van der Waals surface area contributed by atoms with E-state index in [1.165, 1.54) is 32.1 Å². The van der Waals surface area contributed by atoms with Gasteiger partial charge in [-0.25, -0.2) is 4.79 Å². The van der Waals surface area contributed by atoms with Crippen molar-refractivity contribution in [2.75, 3.05) is 6.54 Å². The number of β-amino-alcohol motifs (C(OH)–C–C–N with tert-alkyl or cyclic N) is 1. The van der Waals surface area contributed by atoms with Crippen LogP contribution in [0.15, 0.2) is 57.5 Å². The summed E-state index contributed by atoms with van der Waals surface area (Å²) < 4.78 is 5.75. The highest BCUT2D eigenvalue weighted by Crippen LogP contribution is 2.29. The fourth-order valence-electron chi connectivity index (χ4n) is 3.06. The zero-order valence-corrected chi connectivity index (χ0v) is 16.2. The summed E-state index contributed by atoms with van der Waals surface area (Å²) in [6.45, 7) is 2.72. The van der Waals surface area contributed by atoms with Crippen LogP contribution in [0.2, 0.25) is 0 Å². The number of nitrogens with zero attached hydrogens (tertiary/aromatic N) is 2. The van der Waals surface area contributed by atoms with Crippen LogP contribution in [0, 0.1) is 11.3 Å². The molecule has 1 unspecified atom stereocenters. The molecule has 8 nitrogen and oxygen atoms in total. The van der Waals surface area contributed by atoms with Gasteiger partial charge in [-0.3, -0.25) is 14.5 Å². The smallest absolute Gasteiger partial charge is 0.335 e. The number of furan rings is 1. The molecule has 2 aromatic rings. The van der Waals surface area contributed by atoms with E-state index in [1.54, 1.807) is 24.3 Å². The van der Waals surface area contributed by atoms with E-state index in [9.17, 15) is 24.8 Å². The molecule has 1 aliphatic heterocycles. The van der Waals surface area contributed by atoms with E-state index < -0.39 is 23.9 Å². The van der Waals surface area contributed by atoms with Crippen LogP contribution in [0.5, 0.6) is 0 Å². The summed E-state index contributed by atoms with van der Waals surface area (Å²) >= 11 is 0. The Morgan fingerprint density at radius 1 is 1.20 bits per heavy atom. The molecule has 8 heteroatoms. The Morgan fingerprint density at radius 2 is 1.87 bits per heavy atom. The molecule has 3 rings (SSSR count). The molecule has 0 aliphatic carbocycles. The first kappa shape index (κ1) is 20.8. The quantitative estimate of drug-likeness (QED) is 0.576. The van der Waals surface area contributed by atoms with Gasteiger partial charge < -0.3 is 14.6 Å². The first-order valence-electron chi connectivity index (χ1n) is 9.03. The number of aliphatic hydroxyl groups is 1. The van der Waals surface area contributed by atoms with E-state index >= 15 is 0 Å². The Hall–Kier alpha value is -3.96. The number of aromatic carboxylic acids is 1. The van der Waals surface area contributed by atoms with Crippen molar-refractivity contribution in [3.63, 3.8) is 0 Å². The number of imide groups is 1. The van der Waals surface area contributed by atoms with Crippen molar-refractivity contribution >= 4 is 23.9 Å². The number of rotatable bonds is 5. The highest BCUT2D eigenvalue weighted by molar-refractivity contribution is 6.19. The Kier molecular flexibility index (Phi) is 5.67. The minimum atomic E-state index is -1.03. The van der Waals surface area contributed by atoms with Crippen molar-refractivity contribution in [1.29, 1.82) is 5.26 Å². The summed E-state index contributed by atoms with van der Waals surface area (Å²) in [4.78, 5) is 37.0. The van der Waals surface area contributed by atoms with Crippen molar-refractivity contribution in [1.82, 2.24) is 4.90 Å². The van der Waals surface area contributed by atoms with E-state index in [4.69, 9.17) is 9.52 Å². The number of aliphatic hydroxyl groups excluding tert-OH is 1. The lowest BCUT2D eigenvalue weighted by Crippen LogP contribution is -2.45. The molecule has 2 amide bonds. The van der Waals surface area contributed by atoms with Crippen LogP contribution >= 0.6 is 0 Å². The van der Waals surface area contributed by atoms with E-state index in [-0.39, 0.29) is 28.8 Å². The molecule has 0 spiro atoms. The summed E-state index contributed by atoms with van der Waals surface area (Å²) in [6, 6.07) is 11.2. The van der Waals surface area contributed by atoms with Crippen LogP contribution in [0.25, 0.3) is 17.4 Å². The molecular formula is C22H18N2O6. The molecule has 2 heterocycles. The number of carbonyl (C=O) groups excluding carboxylic acids is 2. The van der Waals surface area contributed by atoms with Gasteiger partial charge in [0.05, 0.1) is 18.2 Å². The zero-order valence-electron chi connectivity index (χ0n) is 16.2. The summed E-state index contributed by atoms with van der Waals surface area (Å²) in [7, 11) is 0. The van der Waals surface area contributed by atoms with E-state index in [0.29, 0.717) is 17.1 Å². The van der Waals surface area contributed by atoms with Gasteiger partial charge in [-0.2, -0.15) is 5.26 Å². The van der Waals surface area contributed by atoms with Crippen LogP contribution in [0.4, 0.5) is 0 Å². The number of carboxylic acids is 1. The van der Waals surface area contributed by atoms with Gasteiger partial charge in [-0.1, -0.05) is 12.1 Å². The molecule has 1 aliphatic rings. The number of hydrogen-bond donors (Lipinski definition) is 2. The maximum atomic E-state index is 12.8. The summed E-state index contributed by atoms with van der Waals surface area (Å²) in [6.07, 6.45) is 0.493. The summed E-state index contributed by atoms with van der Waals surface area (Å²) in [5.41, 5.74) is 0.980. The minimum Gasteiger partial charge on any atom is -0.478 e. The molecule has 1 aromatic carbocycles. The van der Waals surface area contributed by atoms with Gasteiger partial charge in [-0.15, -0.1) is 0 Å². The third kappa shape index (κ3) is 3.92. The van der Waals surface area contributed by atoms with Crippen molar-refractivity contribution in [2.24, 2.45) is 0 Å². The number of benzene rings is 1. The van der Waals surface area contributed by atoms with Gasteiger partial charge in [0.2, 0.25) is 0 Å². The topological polar surface area (TPSA) is 132 Å². The molecule has 0 radical (unpaired) electrons. The average Bonchev–Trinajstić information content (AvgIpc) is 3.17. The number of amides is 2. The lowest BCUT2D eigenvalue weighted by molar-refractivity contribution is -0.141. The third-order valence-electron chi connectivity index (χ3n) is 4.60. The molecule has 1 atom stereocenters. The van der Waals surface area contributed by atoms with E-state index in [2.05, 4.69) is 0 Å². The number of nitriles is 1. The first-order valence-corrected chi connectivity index (χ1v) is 9.03. The average molecular weight is 406 g/mol. The molecule has 0 saturated carbocycles. The number of carbonyl (C=O) groups is 3. The highest BCUT2D eigenvalue weighted by atomic mass is 16.4. The third-order valence-corrected chi connectivity index (χ3v) is 4.60. The molecule has 0 bridgehead atoms. The molecule has 30 heavy (non-hydrogen) atoms. The molecule has 2 N–H and O–H groups in total. The van der Waals surface area contributed by atoms with Crippen molar-refractivity contribution in [3.05, 3.63) is 64.4 Å². The van der Waals surface area contributed by atoms with Gasteiger partial charge in [0, 0.05) is 11.1 Å². The maximum absolute atomic E-state index is 12.8. The van der Waals surface area contributed by atoms with Crippen LogP contribution in [-0.2, 0) is 9.59 Å². The van der Waals surface area contributed by atoms with Crippen molar-refractivity contribution in [2.45, 2.75) is 20.0 Å². The van der Waals surface area contributed by atoms with Crippen molar-refractivity contribution in [3.8, 4) is 17.4 Å². The molecule has 0 fully saturated rings. The van der Waals surface area contributed by atoms with Crippen LogP contribution in [0.3, 0.4) is 0 Å². The number of carboxylic acid groups (broad SMARTS) is 1.